The van der Waals surface area contributed by atoms with Crippen molar-refractivity contribution in [2.75, 3.05) is 40.4 Å². The normalized spacial score (nSPS) is 29.3. The van der Waals surface area contributed by atoms with Gasteiger partial charge >= 0.3 is 0 Å². The molecule has 1 aromatic rings. The van der Waals surface area contributed by atoms with Crippen molar-refractivity contribution in [3.8, 4) is 0 Å². The summed E-state index contributed by atoms with van der Waals surface area (Å²) in [5.74, 6) is 1.81. The van der Waals surface area contributed by atoms with Crippen molar-refractivity contribution >= 4 is 17.2 Å². The molecule has 0 radical (unpaired) electrons. The van der Waals surface area contributed by atoms with Gasteiger partial charge in [-0.25, -0.2) is 0 Å². The highest BCUT2D eigenvalue weighted by Gasteiger charge is 2.41. The van der Waals surface area contributed by atoms with Crippen molar-refractivity contribution in [3.05, 3.63) is 22.4 Å². The predicted molar refractivity (Wildman–Crippen MR) is 84.2 cm³/mol. The summed E-state index contributed by atoms with van der Waals surface area (Å²) in [4.78, 5) is 17.6. The summed E-state index contributed by atoms with van der Waals surface area (Å²) in [6, 6.07) is 4.32. The molecule has 0 bridgehead atoms. The zero-order valence-corrected chi connectivity index (χ0v) is 13.6. The number of amides is 1. The Balaban J connectivity index is 1.61. The molecule has 0 spiro atoms. The minimum atomic E-state index is 0.223. The second-order valence-corrected chi connectivity index (χ2v) is 7.52. The first-order valence-electron chi connectivity index (χ1n) is 7.66. The fourth-order valence-corrected chi connectivity index (χ4v) is 4.31. The Kier molecular flexibility index (Phi) is 4.62. The van der Waals surface area contributed by atoms with E-state index >= 15 is 0 Å². The van der Waals surface area contributed by atoms with E-state index in [-0.39, 0.29) is 5.91 Å². The molecule has 2 aliphatic rings. The van der Waals surface area contributed by atoms with Gasteiger partial charge < -0.3 is 9.64 Å². The summed E-state index contributed by atoms with van der Waals surface area (Å²) in [5.41, 5.74) is 0. The van der Waals surface area contributed by atoms with E-state index in [1.54, 1.807) is 4.90 Å². The molecule has 0 saturated carbocycles. The number of thiophene rings is 1. The lowest BCUT2D eigenvalue weighted by atomic mass is 9.81. The standard InChI is InChI=1S/C16H24N2O2S/c1-17(2)16(19)6-12-10-20-11-13-7-18(9-15(12)13)8-14-4-3-5-21-14/h3-5,12-13,15H,6-11H2,1-2H3/t12-,13-,15+/m1/s1. The molecule has 2 aliphatic heterocycles. The van der Waals surface area contributed by atoms with Gasteiger partial charge in [-0.15, -0.1) is 11.3 Å². The highest BCUT2D eigenvalue weighted by atomic mass is 32.1. The number of hydrogen-bond acceptors (Lipinski definition) is 4. The fraction of sp³-hybridized carbons (Fsp3) is 0.688. The van der Waals surface area contributed by atoms with Gasteiger partial charge in [0.1, 0.15) is 0 Å². The minimum absolute atomic E-state index is 0.223. The lowest BCUT2D eigenvalue weighted by Crippen LogP contribution is -2.38. The van der Waals surface area contributed by atoms with E-state index < -0.39 is 0 Å². The van der Waals surface area contributed by atoms with Gasteiger partial charge in [0.2, 0.25) is 5.91 Å². The molecule has 4 nitrogen and oxygen atoms in total. The molecule has 3 rings (SSSR count). The molecule has 0 aliphatic carbocycles. The zero-order valence-electron chi connectivity index (χ0n) is 12.8. The molecule has 2 saturated heterocycles. The van der Waals surface area contributed by atoms with Crippen LogP contribution in [0.15, 0.2) is 17.5 Å². The van der Waals surface area contributed by atoms with Gasteiger partial charge in [0.15, 0.2) is 0 Å². The number of ether oxygens (including phenoxy) is 1. The number of carbonyl (C=O) groups is 1. The van der Waals surface area contributed by atoms with Crippen molar-refractivity contribution < 1.29 is 9.53 Å². The van der Waals surface area contributed by atoms with Crippen LogP contribution in [-0.2, 0) is 16.1 Å². The summed E-state index contributed by atoms with van der Waals surface area (Å²) < 4.78 is 5.77. The van der Waals surface area contributed by atoms with Gasteiger partial charge in [-0.2, -0.15) is 0 Å². The van der Waals surface area contributed by atoms with Crippen LogP contribution in [-0.4, -0.2) is 56.1 Å². The van der Waals surface area contributed by atoms with E-state index in [2.05, 4.69) is 22.4 Å². The third-order valence-electron chi connectivity index (χ3n) is 4.73. The van der Waals surface area contributed by atoms with E-state index in [0.717, 1.165) is 32.8 Å². The summed E-state index contributed by atoms with van der Waals surface area (Å²) in [6.45, 7) is 4.86. The molecule has 116 valence electrons. The first kappa shape index (κ1) is 15.0. The summed E-state index contributed by atoms with van der Waals surface area (Å²) in [5, 5.41) is 2.14. The maximum absolute atomic E-state index is 12.0. The van der Waals surface area contributed by atoms with Crippen molar-refractivity contribution in [2.24, 2.45) is 17.8 Å². The molecule has 2 fully saturated rings. The molecule has 1 amide bonds. The third kappa shape index (κ3) is 3.47. The first-order valence-corrected chi connectivity index (χ1v) is 8.54. The third-order valence-corrected chi connectivity index (χ3v) is 5.59. The van der Waals surface area contributed by atoms with Gasteiger partial charge in [0.05, 0.1) is 13.2 Å². The number of nitrogens with zero attached hydrogens (tertiary/aromatic N) is 2. The summed E-state index contributed by atoms with van der Waals surface area (Å²) in [7, 11) is 3.67. The van der Waals surface area contributed by atoms with Crippen LogP contribution in [0.1, 0.15) is 11.3 Å². The van der Waals surface area contributed by atoms with Gasteiger partial charge in [-0.1, -0.05) is 6.07 Å². The zero-order chi connectivity index (χ0) is 14.8. The Labute approximate surface area is 130 Å². The number of hydrogen-bond donors (Lipinski definition) is 0. The number of likely N-dealkylation sites (tertiary alicyclic amines) is 1. The van der Waals surface area contributed by atoms with Crippen LogP contribution < -0.4 is 0 Å². The van der Waals surface area contributed by atoms with Crippen LogP contribution in [0.25, 0.3) is 0 Å². The van der Waals surface area contributed by atoms with Crippen LogP contribution in [0.2, 0.25) is 0 Å². The predicted octanol–water partition coefficient (Wildman–Crippen LogP) is 1.92. The van der Waals surface area contributed by atoms with Crippen LogP contribution >= 0.6 is 11.3 Å². The Morgan fingerprint density at radius 3 is 3.00 bits per heavy atom. The van der Waals surface area contributed by atoms with Gasteiger partial charge in [-0.3, -0.25) is 9.69 Å². The van der Waals surface area contributed by atoms with E-state index in [4.69, 9.17) is 4.74 Å². The van der Waals surface area contributed by atoms with Crippen molar-refractivity contribution in [2.45, 2.75) is 13.0 Å². The van der Waals surface area contributed by atoms with Crippen LogP contribution in [0.3, 0.4) is 0 Å². The number of carbonyl (C=O) groups excluding carboxylic acids is 1. The monoisotopic (exact) mass is 308 g/mol. The van der Waals surface area contributed by atoms with Crippen LogP contribution in [0, 0.1) is 17.8 Å². The second kappa shape index (κ2) is 6.46. The summed E-state index contributed by atoms with van der Waals surface area (Å²) in [6.07, 6.45) is 0.626. The average Bonchev–Trinajstić information content (AvgIpc) is 3.08. The average molecular weight is 308 g/mol. The van der Waals surface area contributed by atoms with E-state index in [0.29, 0.717) is 24.2 Å². The molecule has 0 aromatic carbocycles. The Bertz CT molecular complexity index is 475. The highest BCUT2D eigenvalue weighted by molar-refractivity contribution is 7.09. The van der Waals surface area contributed by atoms with Gasteiger partial charge in [0.25, 0.3) is 0 Å². The SMILES string of the molecule is CN(C)C(=O)C[C@@H]1COC[C@H]2CN(Cc3cccs3)C[C@@H]12. The topological polar surface area (TPSA) is 32.8 Å². The van der Waals surface area contributed by atoms with Crippen LogP contribution in [0.5, 0.6) is 0 Å². The van der Waals surface area contributed by atoms with Crippen molar-refractivity contribution in [1.29, 1.82) is 0 Å². The maximum Gasteiger partial charge on any atom is 0.222 e. The Morgan fingerprint density at radius 2 is 2.29 bits per heavy atom. The Hall–Kier alpha value is -0.910. The molecule has 1 aromatic heterocycles. The Morgan fingerprint density at radius 1 is 1.43 bits per heavy atom. The van der Waals surface area contributed by atoms with E-state index in [1.165, 1.54) is 4.88 Å². The molecule has 0 unspecified atom stereocenters. The quantitative estimate of drug-likeness (QED) is 0.852. The lowest BCUT2D eigenvalue weighted by Gasteiger charge is -2.33. The van der Waals surface area contributed by atoms with Crippen molar-refractivity contribution in [3.63, 3.8) is 0 Å². The smallest absolute Gasteiger partial charge is 0.222 e. The van der Waals surface area contributed by atoms with Gasteiger partial charge in [-0.05, 0) is 29.2 Å². The van der Waals surface area contributed by atoms with Crippen molar-refractivity contribution in [1.82, 2.24) is 9.80 Å². The molecule has 3 atom stereocenters. The van der Waals surface area contributed by atoms with Crippen LogP contribution in [0.4, 0.5) is 0 Å². The first-order chi connectivity index (χ1) is 10.1. The number of rotatable bonds is 4. The molecule has 5 heteroatoms. The summed E-state index contributed by atoms with van der Waals surface area (Å²) >= 11 is 1.82. The maximum atomic E-state index is 12.0. The molecule has 0 N–H and O–H groups in total. The second-order valence-electron chi connectivity index (χ2n) is 6.49. The minimum Gasteiger partial charge on any atom is -0.381 e. The van der Waals surface area contributed by atoms with Gasteiger partial charge in [0, 0.05) is 45.0 Å². The van der Waals surface area contributed by atoms with E-state index in [1.807, 2.05) is 25.4 Å². The molecular formula is C16H24N2O2S. The number of fused-ring (bicyclic) bond motifs is 1. The largest absolute Gasteiger partial charge is 0.381 e. The molecule has 21 heavy (non-hydrogen) atoms. The fourth-order valence-electron chi connectivity index (χ4n) is 3.56. The van der Waals surface area contributed by atoms with E-state index in [9.17, 15) is 4.79 Å². The molecular weight excluding hydrogens is 284 g/mol. The molecule has 3 heterocycles. The lowest BCUT2D eigenvalue weighted by molar-refractivity contribution is -0.132. The highest BCUT2D eigenvalue weighted by Crippen LogP contribution is 2.36.